The monoisotopic (exact) mass is 437 g/mol. The van der Waals surface area contributed by atoms with E-state index in [0.717, 1.165) is 27.5 Å². The average Bonchev–Trinajstić information content (AvgIpc) is 3.40. The third kappa shape index (κ3) is 4.02. The smallest absolute Gasteiger partial charge is 0.242 e. The largest absolute Gasteiger partial charge is 0.357 e. The summed E-state index contributed by atoms with van der Waals surface area (Å²) in [5.74, 6) is -0.148. The maximum Gasteiger partial charge on any atom is 0.242 e. The molecule has 1 N–H and O–H groups in total. The summed E-state index contributed by atoms with van der Waals surface area (Å²) in [4.78, 5) is 28.3. The minimum atomic E-state index is -0.504. The summed E-state index contributed by atoms with van der Waals surface area (Å²) in [6, 6.07) is 25.9. The molecule has 166 valence electrons. The third-order valence-electron chi connectivity index (χ3n) is 6.66. The van der Waals surface area contributed by atoms with Crippen LogP contribution in [0.5, 0.6) is 0 Å². The van der Waals surface area contributed by atoms with Gasteiger partial charge in [0, 0.05) is 32.4 Å². The SMILES string of the molecule is CNC(=O)[C@@H]1Cc2ccccc2CN1C(=O)CC(c1cccc2ccccc12)n1cccc1. The van der Waals surface area contributed by atoms with E-state index < -0.39 is 6.04 Å². The summed E-state index contributed by atoms with van der Waals surface area (Å²) in [6.07, 6.45) is 4.81. The number of likely N-dealkylation sites (N-methyl/N-ethyl adjacent to an activating group) is 1. The number of aromatic nitrogens is 1. The number of rotatable bonds is 5. The summed E-state index contributed by atoms with van der Waals surface area (Å²) >= 11 is 0. The Hall–Kier alpha value is -3.86. The molecule has 3 aromatic carbocycles. The molecule has 0 saturated heterocycles. The minimum absolute atomic E-state index is 0.0234. The minimum Gasteiger partial charge on any atom is -0.357 e. The van der Waals surface area contributed by atoms with E-state index in [1.807, 2.05) is 67.0 Å². The van der Waals surface area contributed by atoms with Crippen molar-refractivity contribution < 1.29 is 9.59 Å². The molecule has 2 atom stereocenters. The van der Waals surface area contributed by atoms with E-state index in [1.54, 1.807) is 11.9 Å². The quantitative estimate of drug-likeness (QED) is 0.506. The van der Waals surface area contributed by atoms with Gasteiger partial charge in [0.25, 0.3) is 0 Å². The number of fused-ring (bicyclic) bond motifs is 2. The summed E-state index contributed by atoms with van der Waals surface area (Å²) < 4.78 is 2.09. The van der Waals surface area contributed by atoms with Crippen LogP contribution < -0.4 is 5.32 Å². The molecule has 0 bridgehead atoms. The molecule has 0 spiro atoms. The van der Waals surface area contributed by atoms with E-state index in [4.69, 9.17) is 0 Å². The van der Waals surface area contributed by atoms with Crippen molar-refractivity contribution in [3.05, 3.63) is 108 Å². The summed E-state index contributed by atoms with van der Waals surface area (Å²) in [5.41, 5.74) is 3.34. The molecule has 2 amide bonds. The zero-order valence-corrected chi connectivity index (χ0v) is 18.6. The Morgan fingerprint density at radius 2 is 1.61 bits per heavy atom. The molecular formula is C28H27N3O2. The van der Waals surface area contributed by atoms with Gasteiger partial charge in [-0.15, -0.1) is 0 Å². The summed E-state index contributed by atoms with van der Waals surface area (Å²) in [6.45, 7) is 0.445. The van der Waals surface area contributed by atoms with Crippen LogP contribution in [-0.2, 0) is 22.6 Å². The van der Waals surface area contributed by atoms with Gasteiger partial charge in [-0.25, -0.2) is 0 Å². The van der Waals surface area contributed by atoms with E-state index in [2.05, 4.69) is 34.1 Å². The Bertz CT molecular complexity index is 1290. The molecule has 0 radical (unpaired) electrons. The van der Waals surface area contributed by atoms with Crippen molar-refractivity contribution in [2.45, 2.75) is 31.5 Å². The Balaban J connectivity index is 1.52. The highest BCUT2D eigenvalue weighted by Gasteiger charge is 2.35. The predicted molar refractivity (Wildman–Crippen MR) is 130 cm³/mol. The van der Waals surface area contributed by atoms with E-state index in [0.29, 0.717) is 13.0 Å². The van der Waals surface area contributed by atoms with Crippen molar-refractivity contribution in [1.29, 1.82) is 0 Å². The Morgan fingerprint density at radius 1 is 0.909 bits per heavy atom. The van der Waals surface area contributed by atoms with Gasteiger partial charge in [0.15, 0.2) is 0 Å². The molecule has 5 nitrogen and oxygen atoms in total. The molecule has 0 fully saturated rings. The molecule has 1 aliphatic heterocycles. The van der Waals surface area contributed by atoms with E-state index in [1.165, 1.54) is 0 Å². The van der Waals surface area contributed by atoms with Crippen LogP contribution in [0, 0.1) is 0 Å². The van der Waals surface area contributed by atoms with Gasteiger partial charge in [-0.05, 0) is 39.6 Å². The third-order valence-corrected chi connectivity index (χ3v) is 6.66. The van der Waals surface area contributed by atoms with Gasteiger partial charge in [0.1, 0.15) is 6.04 Å². The first-order chi connectivity index (χ1) is 16.2. The zero-order valence-electron chi connectivity index (χ0n) is 18.6. The van der Waals surface area contributed by atoms with Crippen molar-refractivity contribution in [2.24, 2.45) is 0 Å². The first-order valence-corrected chi connectivity index (χ1v) is 11.3. The lowest BCUT2D eigenvalue weighted by atomic mass is 9.91. The van der Waals surface area contributed by atoms with E-state index >= 15 is 0 Å². The van der Waals surface area contributed by atoms with E-state index in [-0.39, 0.29) is 24.3 Å². The van der Waals surface area contributed by atoms with Crippen molar-refractivity contribution in [2.75, 3.05) is 7.05 Å². The van der Waals surface area contributed by atoms with Gasteiger partial charge in [0.2, 0.25) is 11.8 Å². The fourth-order valence-corrected chi connectivity index (χ4v) is 4.94. The zero-order chi connectivity index (χ0) is 22.8. The summed E-state index contributed by atoms with van der Waals surface area (Å²) in [7, 11) is 1.63. The highest BCUT2D eigenvalue weighted by molar-refractivity contribution is 5.90. The van der Waals surface area contributed by atoms with Crippen molar-refractivity contribution in [1.82, 2.24) is 14.8 Å². The normalized spacial score (nSPS) is 16.3. The molecule has 5 heteroatoms. The molecular weight excluding hydrogens is 410 g/mol. The Morgan fingerprint density at radius 3 is 2.39 bits per heavy atom. The highest BCUT2D eigenvalue weighted by atomic mass is 16.2. The van der Waals surface area contributed by atoms with Gasteiger partial charge in [-0.2, -0.15) is 0 Å². The second-order valence-corrected chi connectivity index (χ2v) is 8.54. The number of amides is 2. The van der Waals surface area contributed by atoms with Crippen LogP contribution in [0.15, 0.2) is 91.3 Å². The fraction of sp³-hybridized carbons (Fsp3) is 0.214. The topological polar surface area (TPSA) is 54.3 Å². The van der Waals surface area contributed by atoms with Crippen molar-refractivity contribution >= 4 is 22.6 Å². The second-order valence-electron chi connectivity index (χ2n) is 8.54. The van der Waals surface area contributed by atoms with Gasteiger partial charge >= 0.3 is 0 Å². The molecule has 0 saturated carbocycles. The second kappa shape index (κ2) is 8.94. The van der Waals surface area contributed by atoms with Crippen LogP contribution in [0.1, 0.15) is 29.2 Å². The van der Waals surface area contributed by atoms with Gasteiger partial charge < -0.3 is 14.8 Å². The maximum absolute atomic E-state index is 13.8. The Labute approximate surface area is 193 Å². The number of carbonyl (C=O) groups is 2. The first kappa shape index (κ1) is 21.0. The van der Waals surface area contributed by atoms with Crippen LogP contribution >= 0.6 is 0 Å². The molecule has 0 aliphatic carbocycles. The highest BCUT2D eigenvalue weighted by Crippen LogP contribution is 2.32. The van der Waals surface area contributed by atoms with Gasteiger partial charge in [-0.1, -0.05) is 66.7 Å². The first-order valence-electron chi connectivity index (χ1n) is 11.3. The number of benzene rings is 3. The number of hydrogen-bond acceptors (Lipinski definition) is 2. The molecule has 1 unspecified atom stereocenters. The average molecular weight is 438 g/mol. The molecule has 5 rings (SSSR count). The number of nitrogens with one attached hydrogen (secondary N) is 1. The fourth-order valence-electron chi connectivity index (χ4n) is 4.94. The van der Waals surface area contributed by atoms with Crippen LogP contribution in [0.4, 0.5) is 0 Å². The van der Waals surface area contributed by atoms with Crippen LogP contribution in [-0.4, -0.2) is 34.4 Å². The number of hydrogen-bond donors (Lipinski definition) is 1. The van der Waals surface area contributed by atoms with Crippen LogP contribution in [0.2, 0.25) is 0 Å². The van der Waals surface area contributed by atoms with Crippen molar-refractivity contribution in [3.8, 4) is 0 Å². The van der Waals surface area contributed by atoms with Crippen molar-refractivity contribution in [3.63, 3.8) is 0 Å². The summed E-state index contributed by atoms with van der Waals surface area (Å²) in [5, 5.41) is 5.03. The lowest BCUT2D eigenvalue weighted by Gasteiger charge is -2.37. The van der Waals surface area contributed by atoms with Gasteiger partial charge in [-0.3, -0.25) is 9.59 Å². The lowest BCUT2D eigenvalue weighted by molar-refractivity contribution is -0.142. The number of carbonyl (C=O) groups excluding carboxylic acids is 2. The van der Waals surface area contributed by atoms with E-state index in [9.17, 15) is 9.59 Å². The molecule has 2 heterocycles. The molecule has 4 aromatic rings. The van der Waals surface area contributed by atoms with Crippen LogP contribution in [0.3, 0.4) is 0 Å². The number of nitrogens with zero attached hydrogens (tertiary/aromatic N) is 2. The predicted octanol–water partition coefficient (Wildman–Crippen LogP) is 4.32. The molecule has 33 heavy (non-hydrogen) atoms. The lowest BCUT2D eigenvalue weighted by Crippen LogP contribution is -2.52. The molecule has 1 aromatic heterocycles. The maximum atomic E-state index is 13.8. The van der Waals surface area contributed by atoms with Crippen LogP contribution in [0.25, 0.3) is 10.8 Å². The molecule has 1 aliphatic rings. The Kier molecular flexibility index (Phi) is 5.69. The standard InChI is InChI=1S/C28H27N3O2/c1-29-28(33)26-17-21-10-2-3-11-22(21)19-31(26)27(32)18-25(30-15-6-7-16-30)24-14-8-12-20-9-4-5-13-23(20)24/h2-16,25-26H,17-19H2,1H3,(H,29,33)/t25?,26-/m0/s1. The van der Waals surface area contributed by atoms with Gasteiger partial charge in [0.05, 0.1) is 12.5 Å².